The van der Waals surface area contributed by atoms with Crippen molar-refractivity contribution in [1.82, 2.24) is 5.12 Å². The highest BCUT2D eigenvalue weighted by atomic mass is 32.2. The third-order valence-corrected chi connectivity index (χ3v) is 5.12. The molecule has 0 bridgehead atoms. The van der Waals surface area contributed by atoms with Gasteiger partial charge in [0.25, 0.3) is 21.6 Å². The van der Waals surface area contributed by atoms with Gasteiger partial charge in [-0.05, 0) is 23.8 Å². The first-order valence-corrected chi connectivity index (χ1v) is 8.65. The molecular formula is C14H14N6O6S. The molecule has 2 aromatic rings. The van der Waals surface area contributed by atoms with Crippen LogP contribution in [0, 0.1) is 15.0 Å². The van der Waals surface area contributed by atoms with Crippen LogP contribution in [0.3, 0.4) is 0 Å². The first-order valence-electron chi connectivity index (χ1n) is 7.21. The van der Waals surface area contributed by atoms with Crippen LogP contribution >= 0.6 is 0 Å². The number of benzene rings is 2. The molecule has 0 spiro atoms. The van der Waals surface area contributed by atoms with Gasteiger partial charge in [-0.1, -0.05) is 24.3 Å². The van der Waals surface area contributed by atoms with Gasteiger partial charge in [-0.2, -0.15) is 8.42 Å². The van der Waals surface area contributed by atoms with Gasteiger partial charge < -0.3 is 0 Å². The van der Waals surface area contributed by atoms with Gasteiger partial charge in [-0.15, -0.1) is 10.0 Å². The average molecular weight is 394 g/mol. The second-order valence-electron chi connectivity index (χ2n) is 5.19. The van der Waals surface area contributed by atoms with E-state index < -0.39 is 31.4 Å². The number of anilines is 1. The van der Waals surface area contributed by atoms with Crippen molar-refractivity contribution >= 4 is 27.3 Å². The van der Waals surface area contributed by atoms with Crippen molar-refractivity contribution in [3.8, 4) is 0 Å². The molecule has 4 N–H and O–H groups in total. The van der Waals surface area contributed by atoms with Gasteiger partial charge in [0.1, 0.15) is 0 Å². The van der Waals surface area contributed by atoms with Crippen molar-refractivity contribution in [1.29, 1.82) is 0 Å². The Kier molecular flexibility index (Phi) is 5.79. The lowest BCUT2D eigenvalue weighted by Gasteiger charge is -2.19. The monoisotopic (exact) mass is 394 g/mol. The number of nitrogens with zero attached hydrogens (tertiary/aromatic N) is 4. The molecule has 0 saturated carbocycles. The summed E-state index contributed by atoms with van der Waals surface area (Å²) in [6, 6.07) is 10.2. The molecule has 27 heavy (non-hydrogen) atoms. The SMILES string of the molecule is NN(N=O)C(=O)Cc1ccc(N(N)S(=O)(=O)c2ccccc2[N+](=O)[O-])cc1. The molecule has 0 fully saturated rings. The van der Waals surface area contributed by atoms with Crippen LogP contribution in [0.2, 0.25) is 0 Å². The molecule has 12 nitrogen and oxygen atoms in total. The fourth-order valence-corrected chi connectivity index (χ4v) is 3.40. The summed E-state index contributed by atoms with van der Waals surface area (Å²) in [4.78, 5) is 31.4. The summed E-state index contributed by atoms with van der Waals surface area (Å²) in [5.74, 6) is 9.94. The Morgan fingerprint density at radius 1 is 1.11 bits per heavy atom. The zero-order valence-corrected chi connectivity index (χ0v) is 14.4. The Morgan fingerprint density at radius 3 is 2.26 bits per heavy atom. The third-order valence-electron chi connectivity index (χ3n) is 3.49. The highest BCUT2D eigenvalue weighted by Gasteiger charge is 2.30. The molecule has 1 amide bonds. The van der Waals surface area contributed by atoms with Gasteiger partial charge >= 0.3 is 0 Å². The number of nitro groups is 1. The number of carbonyl (C=O) groups is 1. The van der Waals surface area contributed by atoms with Crippen LogP contribution in [-0.2, 0) is 21.2 Å². The molecule has 142 valence electrons. The van der Waals surface area contributed by atoms with E-state index in [-0.39, 0.29) is 17.2 Å². The Labute approximate surface area is 153 Å². The van der Waals surface area contributed by atoms with E-state index in [0.29, 0.717) is 9.98 Å². The number of rotatable bonds is 7. The average Bonchev–Trinajstić information content (AvgIpc) is 2.67. The van der Waals surface area contributed by atoms with Gasteiger partial charge in [0.2, 0.25) is 0 Å². The van der Waals surface area contributed by atoms with E-state index in [4.69, 9.17) is 11.7 Å². The summed E-state index contributed by atoms with van der Waals surface area (Å²) < 4.78 is 25.6. The molecule has 0 heterocycles. The van der Waals surface area contributed by atoms with Crippen LogP contribution in [0.1, 0.15) is 5.56 Å². The molecule has 0 radical (unpaired) electrons. The van der Waals surface area contributed by atoms with Crippen LogP contribution in [0.15, 0.2) is 58.7 Å². The van der Waals surface area contributed by atoms with Crippen LogP contribution in [0.25, 0.3) is 0 Å². The minimum absolute atomic E-state index is 0.00228. The fourth-order valence-electron chi connectivity index (χ4n) is 2.13. The number of hydrogen-bond acceptors (Lipinski definition) is 9. The molecule has 0 aromatic heterocycles. The van der Waals surface area contributed by atoms with Gasteiger partial charge in [0.05, 0.1) is 22.3 Å². The molecule has 0 saturated heterocycles. The zero-order chi connectivity index (χ0) is 20.2. The predicted octanol–water partition coefficient (Wildman–Crippen LogP) is 0.590. The molecule has 13 heteroatoms. The first-order chi connectivity index (χ1) is 12.7. The van der Waals surface area contributed by atoms with E-state index in [2.05, 4.69) is 5.29 Å². The molecule has 0 aliphatic heterocycles. The van der Waals surface area contributed by atoms with Crippen molar-refractivity contribution < 1.29 is 18.1 Å². The standard InChI is InChI=1S/C14H14N6O6S/c15-18(17-22)14(21)9-10-5-7-11(8-6-10)19(16)27(25,26)13-4-2-1-3-12(13)20(23)24/h1-8H,9,15-16H2. The van der Waals surface area contributed by atoms with Gasteiger partial charge in [0.15, 0.2) is 4.90 Å². The minimum Gasteiger partial charge on any atom is -0.271 e. The lowest BCUT2D eigenvalue weighted by atomic mass is 10.1. The van der Waals surface area contributed by atoms with E-state index in [9.17, 15) is 28.2 Å². The topological polar surface area (TPSA) is 182 Å². The molecule has 2 aromatic carbocycles. The summed E-state index contributed by atoms with van der Waals surface area (Å²) >= 11 is 0. The normalized spacial score (nSPS) is 10.9. The number of sulfonamides is 1. The van der Waals surface area contributed by atoms with Crippen molar-refractivity contribution in [3.05, 3.63) is 69.1 Å². The molecule has 0 aliphatic carbocycles. The lowest BCUT2D eigenvalue weighted by Crippen LogP contribution is -2.37. The van der Waals surface area contributed by atoms with Gasteiger partial charge in [0, 0.05) is 6.07 Å². The summed E-state index contributed by atoms with van der Waals surface area (Å²) in [5, 5.41) is 13.5. The van der Waals surface area contributed by atoms with Crippen LogP contribution in [0.5, 0.6) is 0 Å². The highest BCUT2D eigenvalue weighted by Crippen LogP contribution is 2.27. The number of amides is 1. The molecular weight excluding hydrogens is 380 g/mol. The van der Waals surface area contributed by atoms with Crippen molar-refractivity contribution in [2.45, 2.75) is 11.3 Å². The fraction of sp³-hybridized carbons (Fsp3) is 0.0714. The summed E-state index contributed by atoms with van der Waals surface area (Å²) in [6.07, 6.45) is -0.246. The van der Waals surface area contributed by atoms with Crippen molar-refractivity contribution in [2.75, 3.05) is 4.41 Å². The predicted molar refractivity (Wildman–Crippen MR) is 93.9 cm³/mol. The molecule has 2 rings (SSSR count). The minimum atomic E-state index is -4.40. The molecule has 0 unspecified atom stereocenters. The smallest absolute Gasteiger partial charge is 0.271 e. The summed E-state index contributed by atoms with van der Waals surface area (Å²) in [7, 11) is -4.40. The van der Waals surface area contributed by atoms with E-state index in [0.717, 1.165) is 12.1 Å². The Bertz CT molecular complexity index is 978. The van der Waals surface area contributed by atoms with Gasteiger partial charge in [-0.25, -0.2) is 16.1 Å². The second-order valence-corrected chi connectivity index (χ2v) is 6.97. The first kappa shape index (κ1) is 19.9. The number of nitroso groups, excluding NO2 is 1. The Balaban J connectivity index is 2.30. The maximum atomic E-state index is 12.6. The number of hydrogen-bond donors (Lipinski definition) is 2. The maximum absolute atomic E-state index is 12.6. The van der Waals surface area contributed by atoms with Crippen LogP contribution in [-0.4, -0.2) is 24.4 Å². The summed E-state index contributed by atoms with van der Waals surface area (Å²) in [6.45, 7) is 0. The van der Waals surface area contributed by atoms with Crippen molar-refractivity contribution in [3.63, 3.8) is 0 Å². The van der Waals surface area contributed by atoms with Crippen LogP contribution in [0.4, 0.5) is 11.4 Å². The Hall–Kier alpha value is -3.42. The number of para-hydroxylation sites is 1. The number of nitro benzene ring substituents is 1. The van der Waals surface area contributed by atoms with E-state index in [1.807, 2.05) is 0 Å². The quantitative estimate of drug-likeness (QED) is 0.225. The Morgan fingerprint density at radius 2 is 1.70 bits per heavy atom. The maximum Gasteiger partial charge on any atom is 0.289 e. The van der Waals surface area contributed by atoms with Crippen LogP contribution < -0.4 is 16.1 Å². The highest BCUT2D eigenvalue weighted by molar-refractivity contribution is 7.92. The second kappa shape index (κ2) is 7.86. The zero-order valence-electron chi connectivity index (χ0n) is 13.6. The van der Waals surface area contributed by atoms with E-state index in [1.54, 1.807) is 0 Å². The van der Waals surface area contributed by atoms with E-state index in [1.165, 1.54) is 36.4 Å². The van der Waals surface area contributed by atoms with Gasteiger partial charge in [-0.3, -0.25) is 14.9 Å². The number of nitrogens with two attached hydrogens (primary N) is 2. The summed E-state index contributed by atoms with van der Waals surface area (Å²) in [5.41, 5.74) is -0.193. The third kappa shape index (κ3) is 4.22. The molecule has 0 aliphatic rings. The molecule has 0 atom stereocenters. The largest absolute Gasteiger partial charge is 0.289 e. The number of carbonyl (C=O) groups excluding carboxylic acids is 1. The number of hydrazine groups is 2. The van der Waals surface area contributed by atoms with E-state index >= 15 is 0 Å². The lowest BCUT2D eigenvalue weighted by molar-refractivity contribution is -0.387. The van der Waals surface area contributed by atoms with Crippen molar-refractivity contribution in [2.24, 2.45) is 17.0 Å².